The van der Waals surface area contributed by atoms with E-state index in [4.69, 9.17) is 21.0 Å². The fraction of sp³-hybridized carbons (Fsp3) is 0.391. The number of hydrogen-bond acceptors (Lipinski definition) is 11. The Morgan fingerprint density at radius 2 is 1.79 bits per heavy atom. The minimum absolute atomic E-state index is 0.0437. The van der Waals surface area contributed by atoms with Crippen LogP contribution in [0.5, 0.6) is 0 Å². The summed E-state index contributed by atoms with van der Waals surface area (Å²) < 4.78 is 78.0. The van der Waals surface area contributed by atoms with E-state index in [9.17, 15) is 18.3 Å². The number of pyridine rings is 2. The fourth-order valence-electron chi connectivity index (χ4n) is 9.58. The fourth-order valence-corrected chi connectivity index (χ4v) is 11.2. The molecule has 17 heteroatoms. The van der Waals surface area contributed by atoms with Gasteiger partial charge in [0.1, 0.15) is 16.6 Å². The van der Waals surface area contributed by atoms with Crippen molar-refractivity contribution in [1.82, 2.24) is 29.5 Å². The SMILES string of the molecule is Cc1c(Nc2nccc3cc(CN4CC[C@@H](O)C4)cnc23)cccc1-c1cccc(-c2nc3cc4c(c(C(F)(F)F)c3o2)CC[C@H]4N2CC[C@@H](C(=O)NS(=O)(=O)C3(C)CC3)C2)c1Cl. The van der Waals surface area contributed by atoms with E-state index in [2.05, 4.69) is 31.0 Å². The first-order valence-corrected chi connectivity index (χ1v) is 23.1. The van der Waals surface area contributed by atoms with Gasteiger partial charge in [-0.3, -0.25) is 24.3 Å². The van der Waals surface area contributed by atoms with Crippen LogP contribution in [-0.2, 0) is 34.0 Å². The molecule has 3 N–H and O–H groups in total. The smallest absolute Gasteiger partial charge is 0.420 e. The van der Waals surface area contributed by atoms with Crippen LogP contribution in [0.15, 0.2) is 71.4 Å². The minimum atomic E-state index is -4.75. The predicted octanol–water partition coefficient (Wildman–Crippen LogP) is 8.70. The average Bonchev–Trinajstić information content (AvgIpc) is 3.69. The first kappa shape index (κ1) is 41.9. The first-order valence-electron chi connectivity index (χ1n) is 21.2. The molecule has 0 unspecified atom stereocenters. The Kier molecular flexibility index (Phi) is 10.3. The third-order valence-corrected chi connectivity index (χ3v) is 16.0. The molecule has 3 aromatic heterocycles. The number of amides is 1. The van der Waals surface area contributed by atoms with E-state index in [-0.39, 0.29) is 46.6 Å². The van der Waals surface area contributed by atoms with E-state index in [0.717, 1.165) is 40.7 Å². The highest BCUT2D eigenvalue weighted by Gasteiger charge is 2.52. The summed E-state index contributed by atoms with van der Waals surface area (Å²) in [6.07, 6.45) is 1.21. The lowest BCUT2D eigenvalue weighted by Crippen LogP contribution is -2.42. The summed E-state index contributed by atoms with van der Waals surface area (Å²) in [5, 5.41) is 14.6. The topological polar surface area (TPSA) is 154 Å². The molecule has 3 aromatic carbocycles. The van der Waals surface area contributed by atoms with Crippen LogP contribution < -0.4 is 10.0 Å². The predicted molar refractivity (Wildman–Crippen MR) is 234 cm³/mol. The summed E-state index contributed by atoms with van der Waals surface area (Å²) in [6, 6.07) is 16.2. The highest BCUT2D eigenvalue weighted by Crippen LogP contribution is 2.49. The number of anilines is 2. The number of oxazole rings is 1. The largest absolute Gasteiger partial charge is 0.435 e. The number of carbonyl (C=O) groups is 1. The molecule has 5 heterocycles. The number of aliphatic hydroxyl groups is 1. The number of carbonyl (C=O) groups excluding carboxylic acids is 1. The Labute approximate surface area is 366 Å². The van der Waals surface area contributed by atoms with Gasteiger partial charge < -0.3 is 14.8 Å². The second kappa shape index (κ2) is 15.5. The zero-order valence-corrected chi connectivity index (χ0v) is 36.2. The molecule has 0 bridgehead atoms. The van der Waals surface area contributed by atoms with Crippen LogP contribution in [0.25, 0.3) is 44.6 Å². The monoisotopic (exact) mass is 899 g/mol. The van der Waals surface area contributed by atoms with Crippen LogP contribution in [0.1, 0.15) is 72.9 Å². The van der Waals surface area contributed by atoms with Gasteiger partial charge in [-0.15, -0.1) is 0 Å². The van der Waals surface area contributed by atoms with Crippen molar-refractivity contribution in [2.24, 2.45) is 5.92 Å². The molecule has 63 heavy (non-hydrogen) atoms. The number of hydrogen-bond donors (Lipinski definition) is 3. The van der Waals surface area contributed by atoms with Crippen molar-refractivity contribution in [3.63, 3.8) is 0 Å². The number of aromatic nitrogens is 3. The lowest BCUT2D eigenvalue weighted by Gasteiger charge is -2.25. The summed E-state index contributed by atoms with van der Waals surface area (Å²) in [5.41, 5.74) is 4.51. The molecular formula is C46H45ClF3N7O5S. The van der Waals surface area contributed by atoms with Gasteiger partial charge in [0.15, 0.2) is 11.4 Å². The first-order chi connectivity index (χ1) is 30.1. The van der Waals surface area contributed by atoms with Gasteiger partial charge in [-0.2, -0.15) is 13.2 Å². The molecule has 2 aliphatic carbocycles. The Balaban J connectivity index is 0.926. The van der Waals surface area contributed by atoms with Gasteiger partial charge in [-0.05, 0) is 117 Å². The van der Waals surface area contributed by atoms with Crippen LogP contribution in [-0.4, -0.2) is 81.2 Å². The van der Waals surface area contributed by atoms with E-state index in [1.165, 1.54) is 0 Å². The molecule has 328 valence electrons. The maximum Gasteiger partial charge on any atom is 0.420 e. The molecule has 3 fully saturated rings. The molecule has 12 nitrogen and oxygen atoms in total. The molecule has 2 saturated heterocycles. The summed E-state index contributed by atoms with van der Waals surface area (Å²) in [5.74, 6) is -0.657. The highest BCUT2D eigenvalue weighted by atomic mass is 35.5. The molecule has 3 atom stereocenters. The number of sulfonamides is 1. The minimum Gasteiger partial charge on any atom is -0.435 e. The van der Waals surface area contributed by atoms with Crippen LogP contribution in [0.4, 0.5) is 24.7 Å². The average molecular weight is 900 g/mol. The number of rotatable bonds is 10. The number of benzene rings is 3. The number of β-amino-alcohol motifs (C(OH)–C–C–N with tert-alkyl or cyclic N) is 1. The van der Waals surface area contributed by atoms with Crippen LogP contribution in [0.2, 0.25) is 5.02 Å². The van der Waals surface area contributed by atoms with Gasteiger partial charge >= 0.3 is 6.18 Å². The van der Waals surface area contributed by atoms with Gasteiger partial charge in [0.25, 0.3) is 0 Å². The standard InChI is InChI=1S/C46H45ClF3N7O5S/c1-25-30(5-4-8-35(25)53-42-40-27(11-16-51-42)19-26(21-52-40)22-56-17-13-29(58)24-56)32-6-3-7-33(39(32)47)44-54-36-20-34-31(38(41(36)62-44)46(48,49)50)9-10-37(34)57-18-12-28(23-57)43(59)55-63(60,61)45(2)14-15-45/h3-8,11,16,19-21,28-29,37,58H,9-10,12-15,17-18,22-24H2,1-2H3,(H,51,53)(H,55,59)/t28-,29-,37-/m1/s1. The number of alkyl halides is 3. The number of nitrogens with zero attached hydrogens (tertiary/aromatic N) is 5. The maximum atomic E-state index is 15.0. The summed E-state index contributed by atoms with van der Waals surface area (Å²) in [7, 11) is -3.81. The normalized spacial score (nSPS) is 21.3. The molecule has 0 spiro atoms. The number of likely N-dealkylation sites (tertiary alicyclic amines) is 2. The van der Waals surface area contributed by atoms with Crippen LogP contribution in [0, 0.1) is 12.8 Å². The summed E-state index contributed by atoms with van der Waals surface area (Å²) in [4.78, 5) is 31.3. The number of halogens is 4. The second-order valence-corrected chi connectivity index (χ2v) is 20.2. The Bertz CT molecular complexity index is 2940. The molecule has 1 amide bonds. The van der Waals surface area contributed by atoms with Crippen molar-refractivity contribution in [2.45, 2.75) is 82.0 Å². The van der Waals surface area contributed by atoms with Crippen LogP contribution in [0.3, 0.4) is 0 Å². The van der Waals surface area contributed by atoms with Crippen LogP contribution >= 0.6 is 11.6 Å². The van der Waals surface area contributed by atoms with E-state index in [0.29, 0.717) is 73.3 Å². The number of fused-ring (bicyclic) bond motifs is 3. The van der Waals surface area contributed by atoms with Gasteiger partial charge in [0.2, 0.25) is 21.8 Å². The molecule has 10 rings (SSSR count). The van der Waals surface area contributed by atoms with Crippen molar-refractivity contribution < 1.29 is 35.9 Å². The quantitative estimate of drug-likeness (QED) is 0.121. The summed E-state index contributed by atoms with van der Waals surface area (Å²) in [6.45, 7) is 6.39. The van der Waals surface area contributed by atoms with Gasteiger partial charge in [0.05, 0.1) is 27.4 Å². The molecule has 0 radical (unpaired) electrons. The molecule has 1 saturated carbocycles. The van der Waals surface area contributed by atoms with Crippen molar-refractivity contribution in [1.29, 1.82) is 0 Å². The van der Waals surface area contributed by atoms with Crippen molar-refractivity contribution in [2.75, 3.05) is 31.5 Å². The maximum absolute atomic E-state index is 15.0. The highest BCUT2D eigenvalue weighted by molar-refractivity contribution is 7.91. The Morgan fingerprint density at radius 1 is 1.02 bits per heavy atom. The molecular weight excluding hydrogens is 855 g/mol. The zero-order chi connectivity index (χ0) is 44.0. The lowest BCUT2D eigenvalue weighted by molar-refractivity contribution is -0.137. The van der Waals surface area contributed by atoms with E-state index in [1.54, 1.807) is 31.3 Å². The van der Waals surface area contributed by atoms with E-state index < -0.39 is 44.4 Å². The Hall–Kier alpha value is -5.13. The molecule has 2 aliphatic heterocycles. The number of nitrogens with one attached hydrogen (secondary N) is 2. The van der Waals surface area contributed by atoms with Crippen molar-refractivity contribution in [3.8, 4) is 22.6 Å². The van der Waals surface area contributed by atoms with E-state index >= 15 is 13.2 Å². The molecule has 6 aromatic rings. The van der Waals surface area contributed by atoms with Gasteiger partial charge in [-0.1, -0.05) is 35.9 Å². The zero-order valence-electron chi connectivity index (χ0n) is 34.6. The summed E-state index contributed by atoms with van der Waals surface area (Å²) >= 11 is 7.14. The third-order valence-electron chi connectivity index (χ3n) is 13.4. The van der Waals surface area contributed by atoms with Gasteiger partial charge in [0, 0.05) is 61.3 Å². The van der Waals surface area contributed by atoms with Gasteiger partial charge in [-0.25, -0.2) is 18.4 Å². The van der Waals surface area contributed by atoms with Crippen molar-refractivity contribution in [3.05, 3.63) is 99.8 Å². The molecule has 4 aliphatic rings. The Morgan fingerprint density at radius 3 is 2.56 bits per heavy atom. The number of aliphatic hydroxyl groups excluding tert-OH is 1. The lowest BCUT2D eigenvalue weighted by atomic mass is 9.97. The van der Waals surface area contributed by atoms with E-state index in [1.807, 2.05) is 48.4 Å². The van der Waals surface area contributed by atoms with Crippen molar-refractivity contribution >= 4 is 61.0 Å². The third kappa shape index (κ3) is 7.62. The second-order valence-electron chi connectivity index (χ2n) is 17.7.